The largest absolute Gasteiger partial charge is 0.449 e. The molecule has 0 spiro atoms. The maximum absolute atomic E-state index is 13.1. The summed E-state index contributed by atoms with van der Waals surface area (Å²) in [6.45, 7) is 9.62. The maximum atomic E-state index is 13.1. The normalized spacial score (nSPS) is 14.3. The molecule has 2 aromatic carbocycles. The van der Waals surface area contributed by atoms with Gasteiger partial charge in [-0.1, -0.05) is 57.5 Å². The smallest absolute Gasteiger partial charge is 0.407 e. The summed E-state index contributed by atoms with van der Waals surface area (Å²) in [6.07, 6.45) is 5.27. The zero-order chi connectivity index (χ0) is 27.5. The van der Waals surface area contributed by atoms with E-state index in [1.807, 2.05) is 39.0 Å². The summed E-state index contributed by atoms with van der Waals surface area (Å²) < 4.78 is 5.68. The average molecular weight is 522 g/mol. The van der Waals surface area contributed by atoms with Crippen molar-refractivity contribution in [3.63, 3.8) is 0 Å². The number of alkyl carbamates (subject to hydrolysis) is 1. The van der Waals surface area contributed by atoms with Gasteiger partial charge in [-0.25, -0.2) is 4.79 Å². The highest BCUT2D eigenvalue weighted by molar-refractivity contribution is 6.03. The molecule has 7 heteroatoms. The Labute approximate surface area is 227 Å². The number of carbonyl (C=O) groups excluding carboxylic acids is 3. The molecule has 38 heavy (non-hydrogen) atoms. The van der Waals surface area contributed by atoms with E-state index in [0.717, 1.165) is 66.3 Å². The van der Waals surface area contributed by atoms with Crippen molar-refractivity contribution in [1.82, 2.24) is 16.0 Å². The lowest BCUT2D eigenvalue weighted by molar-refractivity contribution is -0.121. The number of hydrogen-bond donors (Lipinski definition) is 3. The molecule has 0 aliphatic heterocycles. The van der Waals surface area contributed by atoms with Crippen LogP contribution in [-0.4, -0.2) is 43.6 Å². The molecule has 3 amide bonds. The van der Waals surface area contributed by atoms with Gasteiger partial charge in [0.1, 0.15) is 6.61 Å². The minimum atomic E-state index is -0.433. The fraction of sp³-hybridized carbons (Fsp3) is 0.516. The second kappa shape index (κ2) is 14.6. The highest BCUT2D eigenvalue weighted by Gasteiger charge is 2.33. The van der Waals surface area contributed by atoms with E-state index in [0.29, 0.717) is 25.1 Å². The fourth-order valence-corrected chi connectivity index (χ4v) is 4.76. The molecule has 7 nitrogen and oxygen atoms in total. The Balaban J connectivity index is 1.86. The Morgan fingerprint density at radius 3 is 2.50 bits per heavy atom. The number of aryl methyl sites for hydroxylation is 1. The van der Waals surface area contributed by atoms with Crippen molar-refractivity contribution < 1.29 is 19.1 Å². The van der Waals surface area contributed by atoms with Gasteiger partial charge in [-0.2, -0.15) is 0 Å². The lowest BCUT2D eigenvalue weighted by Crippen LogP contribution is -2.33. The van der Waals surface area contributed by atoms with Crippen LogP contribution in [0.25, 0.3) is 11.1 Å². The number of fused-ring (bicyclic) bond motifs is 3. The number of amides is 3. The summed E-state index contributed by atoms with van der Waals surface area (Å²) >= 11 is 0. The van der Waals surface area contributed by atoms with Crippen LogP contribution in [0.2, 0.25) is 0 Å². The van der Waals surface area contributed by atoms with Crippen molar-refractivity contribution in [1.29, 1.82) is 0 Å². The molecule has 0 heterocycles. The second-order valence-corrected chi connectivity index (χ2v) is 10.1. The van der Waals surface area contributed by atoms with Crippen molar-refractivity contribution >= 4 is 17.9 Å². The summed E-state index contributed by atoms with van der Waals surface area (Å²) in [5.74, 6) is -0.170. The molecule has 0 fully saturated rings. The Kier molecular flexibility index (Phi) is 11.2. The van der Waals surface area contributed by atoms with Crippen LogP contribution in [0.4, 0.5) is 4.79 Å². The van der Waals surface area contributed by atoms with Crippen LogP contribution in [0.5, 0.6) is 0 Å². The number of ether oxygens (including phenoxy) is 1. The Hall–Kier alpha value is -3.35. The number of carbonyl (C=O) groups is 3. The van der Waals surface area contributed by atoms with E-state index in [4.69, 9.17) is 4.74 Å². The van der Waals surface area contributed by atoms with Gasteiger partial charge in [0.15, 0.2) is 0 Å². The third kappa shape index (κ3) is 7.59. The van der Waals surface area contributed by atoms with Crippen molar-refractivity contribution in [3.8, 4) is 11.1 Å². The first-order valence-electron chi connectivity index (χ1n) is 14.1. The van der Waals surface area contributed by atoms with E-state index >= 15 is 0 Å². The van der Waals surface area contributed by atoms with Crippen molar-refractivity contribution in [3.05, 3.63) is 58.7 Å². The number of unbranched alkanes of at least 4 members (excludes halogenated alkanes) is 1. The van der Waals surface area contributed by atoms with E-state index in [9.17, 15) is 14.4 Å². The summed E-state index contributed by atoms with van der Waals surface area (Å²) in [6, 6.07) is 12.1. The molecule has 0 aromatic heterocycles. The summed E-state index contributed by atoms with van der Waals surface area (Å²) in [4.78, 5) is 37.6. The standard InChI is InChI=1S/C31H43N3O4/c1-5-8-18-33-30(36)25-13-10-12-23-27(20-38-31(37)34-21(4)7-3)26-19-22(15-16-24(26)29(23)25)11-9-14-28(35)32-17-6-2/h10,12-13,15-16,19,21,27H,5-9,11,14,17-18,20H2,1-4H3,(H,32,35)(H,33,36)(H,34,37). The molecule has 2 unspecified atom stereocenters. The topological polar surface area (TPSA) is 96.5 Å². The van der Waals surface area contributed by atoms with Crippen molar-refractivity contribution in [2.75, 3.05) is 19.7 Å². The molecule has 0 saturated heterocycles. The molecule has 0 bridgehead atoms. The van der Waals surface area contributed by atoms with Gasteiger partial charge < -0.3 is 20.7 Å². The van der Waals surface area contributed by atoms with Crippen LogP contribution in [0.15, 0.2) is 36.4 Å². The van der Waals surface area contributed by atoms with Gasteiger partial charge in [0.05, 0.1) is 0 Å². The predicted octanol–water partition coefficient (Wildman–Crippen LogP) is 5.70. The molecular formula is C31H43N3O4. The summed E-state index contributed by atoms with van der Waals surface area (Å²) in [5, 5.41) is 8.83. The van der Waals surface area contributed by atoms with E-state index in [2.05, 4.69) is 41.1 Å². The second-order valence-electron chi connectivity index (χ2n) is 10.1. The Morgan fingerprint density at radius 1 is 0.947 bits per heavy atom. The zero-order valence-electron chi connectivity index (χ0n) is 23.3. The molecule has 3 rings (SSSR count). The van der Waals surface area contributed by atoms with Crippen LogP contribution in [0.1, 0.15) is 99.2 Å². The van der Waals surface area contributed by atoms with Crippen LogP contribution >= 0.6 is 0 Å². The third-order valence-corrected chi connectivity index (χ3v) is 7.09. The Bertz CT molecular complexity index is 1110. The lowest BCUT2D eigenvalue weighted by atomic mass is 9.95. The average Bonchev–Trinajstić information content (AvgIpc) is 3.23. The fourth-order valence-electron chi connectivity index (χ4n) is 4.76. The molecule has 0 saturated carbocycles. The monoisotopic (exact) mass is 521 g/mol. The summed E-state index contributed by atoms with van der Waals surface area (Å²) in [5.41, 5.74) is 5.74. The van der Waals surface area contributed by atoms with Crippen molar-refractivity contribution in [2.24, 2.45) is 0 Å². The maximum Gasteiger partial charge on any atom is 0.407 e. The van der Waals surface area contributed by atoms with E-state index in [1.54, 1.807) is 0 Å². The lowest BCUT2D eigenvalue weighted by Gasteiger charge is -2.17. The number of benzene rings is 2. The predicted molar refractivity (Wildman–Crippen MR) is 151 cm³/mol. The minimum absolute atomic E-state index is 0.0326. The number of nitrogens with one attached hydrogen (secondary N) is 3. The molecule has 0 radical (unpaired) electrons. The van der Waals surface area contributed by atoms with Crippen LogP contribution < -0.4 is 16.0 Å². The zero-order valence-corrected chi connectivity index (χ0v) is 23.3. The first-order valence-corrected chi connectivity index (χ1v) is 14.1. The first kappa shape index (κ1) is 29.2. The number of rotatable bonds is 14. The Morgan fingerprint density at radius 2 is 1.76 bits per heavy atom. The van der Waals surface area contributed by atoms with Gasteiger partial charge >= 0.3 is 6.09 Å². The van der Waals surface area contributed by atoms with E-state index in [1.165, 1.54) is 0 Å². The molecular weight excluding hydrogens is 478 g/mol. The molecule has 1 aliphatic rings. The van der Waals surface area contributed by atoms with Gasteiger partial charge in [0, 0.05) is 37.0 Å². The molecule has 3 N–H and O–H groups in total. The van der Waals surface area contributed by atoms with Gasteiger partial charge in [0.25, 0.3) is 5.91 Å². The molecule has 206 valence electrons. The van der Waals surface area contributed by atoms with Gasteiger partial charge in [-0.05, 0) is 72.9 Å². The van der Waals surface area contributed by atoms with Crippen LogP contribution in [0, 0.1) is 0 Å². The van der Waals surface area contributed by atoms with Crippen LogP contribution in [-0.2, 0) is 16.0 Å². The highest BCUT2D eigenvalue weighted by Crippen LogP contribution is 2.47. The van der Waals surface area contributed by atoms with Crippen molar-refractivity contribution in [2.45, 2.75) is 84.6 Å². The summed E-state index contributed by atoms with van der Waals surface area (Å²) in [7, 11) is 0. The first-order chi connectivity index (χ1) is 18.4. The van der Waals surface area contributed by atoms with Gasteiger partial charge in [0.2, 0.25) is 5.91 Å². The minimum Gasteiger partial charge on any atom is -0.449 e. The van der Waals surface area contributed by atoms with Gasteiger partial charge in [-0.3, -0.25) is 9.59 Å². The quantitative estimate of drug-likeness (QED) is 0.278. The number of hydrogen-bond acceptors (Lipinski definition) is 4. The SMILES string of the molecule is CCCCNC(=O)c1cccc2c1-c1ccc(CCCC(=O)NCCC)cc1C2COC(=O)NC(C)CC. The molecule has 2 atom stereocenters. The third-order valence-electron chi connectivity index (χ3n) is 7.09. The molecule has 2 aromatic rings. The molecule has 1 aliphatic carbocycles. The van der Waals surface area contributed by atoms with Crippen LogP contribution in [0.3, 0.4) is 0 Å². The van der Waals surface area contributed by atoms with E-state index in [-0.39, 0.29) is 30.4 Å². The highest BCUT2D eigenvalue weighted by atomic mass is 16.5. The van der Waals surface area contributed by atoms with Gasteiger partial charge in [-0.15, -0.1) is 0 Å². The van der Waals surface area contributed by atoms with E-state index < -0.39 is 6.09 Å².